The topological polar surface area (TPSA) is 78.5 Å². The van der Waals surface area contributed by atoms with Gasteiger partial charge in [0.05, 0.1) is 16.5 Å². The van der Waals surface area contributed by atoms with E-state index in [2.05, 4.69) is 10.6 Å². The molecular formula is C27H22Cl5N3O3. The fourth-order valence-corrected chi connectivity index (χ4v) is 5.87. The number of benzene rings is 3. The van der Waals surface area contributed by atoms with E-state index in [1.807, 2.05) is 19.0 Å². The van der Waals surface area contributed by atoms with Crippen molar-refractivity contribution < 1.29 is 14.4 Å². The average Bonchev–Trinajstić information content (AvgIpc) is 3.41. The van der Waals surface area contributed by atoms with Gasteiger partial charge in [-0.15, -0.1) is 23.2 Å². The first-order chi connectivity index (χ1) is 17.9. The van der Waals surface area contributed by atoms with Gasteiger partial charge in [0.2, 0.25) is 5.91 Å². The highest BCUT2D eigenvalue weighted by Gasteiger charge is 2.67. The quantitative estimate of drug-likeness (QED) is 0.207. The van der Waals surface area contributed by atoms with Crippen LogP contribution in [-0.2, 0) is 11.3 Å². The molecule has 6 nitrogen and oxygen atoms in total. The second-order valence-corrected chi connectivity index (χ2v) is 12.0. The molecule has 0 bridgehead atoms. The van der Waals surface area contributed by atoms with E-state index in [0.29, 0.717) is 39.1 Å². The van der Waals surface area contributed by atoms with Crippen LogP contribution in [0.4, 0.5) is 11.4 Å². The molecule has 2 unspecified atom stereocenters. The number of aldehydes is 1. The monoisotopic (exact) mass is 611 g/mol. The van der Waals surface area contributed by atoms with Crippen molar-refractivity contribution >= 4 is 87.5 Å². The molecule has 0 saturated heterocycles. The number of nitrogens with one attached hydrogen (secondary N) is 2. The molecule has 1 aliphatic carbocycles. The van der Waals surface area contributed by atoms with Gasteiger partial charge in [-0.25, -0.2) is 0 Å². The third-order valence-electron chi connectivity index (χ3n) is 6.07. The number of amides is 2. The minimum Gasteiger partial charge on any atom is -0.326 e. The first-order valence-corrected chi connectivity index (χ1v) is 13.3. The third-order valence-corrected chi connectivity index (χ3v) is 7.78. The number of hydrogen-bond donors (Lipinski definition) is 2. The summed E-state index contributed by atoms with van der Waals surface area (Å²) in [6.07, 6.45) is 0.773. The molecule has 0 aliphatic heterocycles. The van der Waals surface area contributed by atoms with E-state index in [-0.39, 0.29) is 10.6 Å². The Morgan fingerprint density at radius 1 is 0.921 bits per heavy atom. The van der Waals surface area contributed by atoms with Crippen molar-refractivity contribution in [1.82, 2.24) is 4.90 Å². The summed E-state index contributed by atoms with van der Waals surface area (Å²) in [4.78, 5) is 39.4. The highest BCUT2D eigenvalue weighted by molar-refractivity contribution is 6.53. The molecule has 38 heavy (non-hydrogen) atoms. The number of carbonyl (C=O) groups excluding carboxylic acids is 3. The highest BCUT2D eigenvalue weighted by Crippen LogP contribution is 2.65. The Kier molecular flexibility index (Phi) is 8.62. The first-order valence-electron chi connectivity index (χ1n) is 11.4. The van der Waals surface area contributed by atoms with E-state index in [9.17, 15) is 14.4 Å². The van der Waals surface area contributed by atoms with Crippen molar-refractivity contribution in [3.8, 4) is 0 Å². The molecule has 2 atom stereocenters. The van der Waals surface area contributed by atoms with Crippen LogP contribution in [0.25, 0.3) is 0 Å². The van der Waals surface area contributed by atoms with Gasteiger partial charge in [0.1, 0.15) is 10.6 Å². The van der Waals surface area contributed by atoms with Crippen molar-refractivity contribution in [1.29, 1.82) is 0 Å². The maximum Gasteiger partial charge on any atom is 0.257 e. The fraction of sp³-hybridized carbons (Fsp3) is 0.222. The third kappa shape index (κ3) is 6.28. The summed E-state index contributed by atoms with van der Waals surface area (Å²) >= 11 is 31.4. The molecule has 11 heteroatoms. The van der Waals surface area contributed by atoms with Crippen molar-refractivity contribution in [3.63, 3.8) is 0 Å². The normalized spacial score (nSPS) is 17.7. The second-order valence-electron chi connectivity index (χ2n) is 9.24. The van der Waals surface area contributed by atoms with Gasteiger partial charge in [0.25, 0.3) is 5.91 Å². The van der Waals surface area contributed by atoms with Crippen molar-refractivity contribution in [2.24, 2.45) is 5.92 Å². The van der Waals surface area contributed by atoms with Gasteiger partial charge in [-0.3, -0.25) is 14.4 Å². The number of nitrogens with zero attached hydrogens (tertiary/aromatic N) is 1. The fourth-order valence-electron chi connectivity index (χ4n) is 4.29. The van der Waals surface area contributed by atoms with Crippen LogP contribution in [0.15, 0.2) is 54.6 Å². The van der Waals surface area contributed by atoms with Crippen LogP contribution >= 0.6 is 58.0 Å². The number of halogens is 5. The molecule has 198 valence electrons. The van der Waals surface area contributed by atoms with Crippen LogP contribution in [0, 0.1) is 5.92 Å². The zero-order valence-electron chi connectivity index (χ0n) is 20.2. The highest BCUT2D eigenvalue weighted by atomic mass is 35.5. The van der Waals surface area contributed by atoms with Crippen LogP contribution in [0.1, 0.15) is 37.8 Å². The predicted octanol–water partition coefficient (Wildman–Crippen LogP) is 7.30. The molecule has 2 N–H and O–H groups in total. The summed E-state index contributed by atoms with van der Waals surface area (Å²) in [6, 6.07) is 14.5. The molecule has 3 aromatic carbocycles. The van der Waals surface area contributed by atoms with E-state index < -0.39 is 28.0 Å². The van der Waals surface area contributed by atoms with Gasteiger partial charge >= 0.3 is 0 Å². The summed E-state index contributed by atoms with van der Waals surface area (Å²) < 4.78 is -1.34. The van der Waals surface area contributed by atoms with Crippen LogP contribution < -0.4 is 10.6 Å². The number of hydrogen-bond acceptors (Lipinski definition) is 4. The summed E-state index contributed by atoms with van der Waals surface area (Å²) in [5.74, 6) is -2.19. The Balaban J connectivity index is 1.50. The van der Waals surface area contributed by atoms with Crippen molar-refractivity contribution in [2.45, 2.75) is 16.8 Å². The van der Waals surface area contributed by atoms with Crippen molar-refractivity contribution in [2.75, 3.05) is 24.7 Å². The molecule has 0 spiro atoms. The summed E-state index contributed by atoms with van der Waals surface area (Å²) in [5.41, 5.74) is 2.94. The lowest BCUT2D eigenvalue weighted by atomic mass is 10.1. The second kappa shape index (κ2) is 11.4. The maximum atomic E-state index is 13.1. The SMILES string of the molecule is CN(C)Cc1cc(NC(=O)c2cc(NC(=O)C3C(c4cc(Cl)cc(Cl)c4)C3(Cl)Cl)ccc2Cl)ccc1C=O. The summed E-state index contributed by atoms with van der Waals surface area (Å²) in [6.45, 7) is 0.520. The average molecular weight is 614 g/mol. The molecule has 0 aromatic heterocycles. The predicted molar refractivity (Wildman–Crippen MR) is 154 cm³/mol. The molecule has 0 radical (unpaired) electrons. The van der Waals surface area contributed by atoms with E-state index in [1.54, 1.807) is 42.5 Å². The molecule has 2 amide bonds. The van der Waals surface area contributed by atoms with Gasteiger partial charge in [0.15, 0.2) is 0 Å². The van der Waals surface area contributed by atoms with Gasteiger partial charge < -0.3 is 15.5 Å². The minimum absolute atomic E-state index is 0.148. The van der Waals surface area contributed by atoms with Gasteiger partial charge in [-0.1, -0.05) is 34.8 Å². The van der Waals surface area contributed by atoms with Gasteiger partial charge in [-0.05, 0) is 79.8 Å². The zero-order valence-corrected chi connectivity index (χ0v) is 24.0. The lowest BCUT2D eigenvalue weighted by molar-refractivity contribution is -0.117. The molecular weight excluding hydrogens is 592 g/mol. The number of alkyl halides is 2. The lowest BCUT2D eigenvalue weighted by Crippen LogP contribution is -2.18. The first kappa shape index (κ1) is 28.7. The van der Waals surface area contributed by atoms with E-state index in [4.69, 9.17) is 58.0 Å². The Labute approximate surface area is 245 Å². The van der Waals surface area contributed by atoms with Gasteiger partial charge in [-0.2, -0.15) is 0 Å². The Morgan fingerprint density at radius 3 is 2.18 bits per heavy atom. The maximum absolute atomic E-state index is 13.1. The smallest absolute Gasteiger partial charge is 0.257 e. The molecule has 1 saturated carbocycles. The van der Waals surface area contributed by atoms with E-state index >= 15 is 0 Å². The number of carbonyl (C=O) groups is 3. The minimum atomic E-state index is -1.34. The number of anilines is 2. The molecule has 0 heterocycles. The Hall–Kier alpha value is -2.32. The van der Waals surface area contributed by atoms with E-state index in [0.717, 1.165) is 11.8 Å². The molecule has 1 aliphatic rings. The van der Waals surface area contributed by atoms with Crippen molar-refractivity contribution in [3.05, 3.63) is 91.9 Å². The Morgan fingerprint density at radius 2 is 1.55 bits per heavy atom. The lowest BCUT2D eigenvalue weighted by Gasteiger charge is -2.14. The largest absolute Gasteiger partial charge is 0.326 e. The zero-order chi connectivity index (χ0) is 27.8. The van der Waals surface area contributed by atoms with E-state index in [1.165, 1.54) is 12.1 Å². The van der Waals surface area contributed by atoms with Crippen LogP contribution in [0.5, 0.6) is 0 Å². The summed E-state index contributed by atoms with van der Waals surface area (Å²) in [7, 11) is 3.76. The van der Waals surface area contributed by atoms with Gasteiger partial charge in [0, 0.05) is 39.4 Å². The van der Waals surface area contributed by atoms with Crippen LogP contribution in [0.3, 0.4) is 0 Å². The summed E-state index contributed by atoms with van der Waals surface area (Å²) in [5, 5.41) is 6.57. The molecule has 1 fully saturated rings. The van der Waals surface area contributed by atoms with Crippen LogP contribution in [0.2, 0.25) is 15.1 Å². The Bertz CT molecular complexity index is 1410. The molecule has 3 aromatic rings. The molecule has 4 rings (SSSR count). The standard InChI is InChI=1S/C27H22Cl5N3O3/c1-35(2)12-16-9-19(4-3-14(16)13-36)33-25(37)21-11-20(5-6-22(21)30)34-26(38)24-23(27(24,31)32)15-7-17(28)10-18(29)8-15/h3-11,13,23-24H,12H2,1-2H3,(H,33,37)(H,34,38). The van der Waals surface area contributed by atoms with Crippen LogP contribution in [-0.4, -0.2) is 41.4 Å². The number of rotatable bonds is 8.